The number of nitrogens with zero attached hydrogens (tertiary/aromatic N) is 4. The standard InChI is InChI=1S/C23H28N4O4/c28-20(16-18-4-2-1-3-5-18)25-9-6-23(7-10-25)22-24-8-11-27(22)17-19(31-23)21(29)26-12-14-30-15-13-26/h1-5,8,11,19H,6-7,9-10,12-17H2/t19-/m1/s1. The van der Waals surface area contributed by atoms with E-state index in [2.05, 4.69) is 4.98 Å². The van der Waals surface area contributed by atoms with Crippen molar-refractivity contribution in [3.63, 3.8) is 0 Å². The molecule has 0 bridgehead atoms. The number of fused-ring (bicyclic) bond motifs is 2. The Morgan fingerprint density at radius 3 is 2.52 bits per heavy atom. The molecule has 5 rings (SSSR count). The van der Waals surface area contributed by atoms with Crippen molar-refractivity contribution < 1.29 is 19.1 Å². The molecule has 3 aliphatic rings. The van der Waals surface area contributed by atoms with Crippen molar-refractivity contribution in [1.29, 1.82) is 0 Å². The number of hydrogen-bond acceptors (Lipinski definition) is 5. The fourth-order valence-corrected chi connectivity index (χ4v) is 4.85. The molecule has 1 aromatic heterocycles. The van der Waals surface area contributed by atoms with Crippen LogP contribution in [0.2, 0.25) is 0 Å². The minimum absolute atomic E-state index is 0.0182. The average Bonchev–Trinajstić information content (AvgIpc) is 3.30. The lowest BCUT2D eigenvalue weighted by Gasteiger charge is -2.46. The van der Waals surface area contributed by atoms with Gasteiger partial charge < -0.3 is 23.8 Å². The topological polar surface area (TPSA) is 76.9 Å². The van der Waals surface area contributed by atoms with Crippen LogP contribution in [-0.2, 0) is 37.6 Å². The number of piperidine rings is 1. The predicted molar refractivity (Wildman–Crippen MR) is 112 cm³/mol. The van der Waals surface area contributed by atoms with Gasteiger partial charge in [0.15, 0.2) is 6.10 Å². The molecule has 1 aromatic carbocycles. The van der Waals surface area contributed by atoms with Crippen LogP contribution in [0.1, 0.15) is 24.2 Å². The zero-order valence-corrected chi connectivity index (χ0v) is 17.6. The van der Waals surface area contributed by atoms with Crippen molar-refractivity contribution in [3.8, 4) is 0 Å². The van der Waals surface area contributed by atoms with Gasteiger partial charge >= 0.3 is 0 Å². The van der Waals surface area contributed by atoms with Crippen LogP contribution in [0.3, 0.4) is 0 Å². The third-order valence-corrected chi connectivity index (χ3v) is 6.57. The second-order valence-electron chi connectivity index (χ2n) is 8.48. The highest BCUT2D eigenvalue weighted by Crippen LogP contribution is 2.40. The molecule has 8 nitrogen and oxygen atoms in total. The number of carbonyl (C=O) groups is 2. The fourth-order valence-electron chi connectivity index (χ4n) is 4.85. The molecule has 1 atom stereocenters. The molecular weight excluding hydrogens is 396 g/mol. The number of benzene rings is 1. The molecule has 0 aliphatic carbocycles. The van der Waals surface area contributed by atoms with E-state index in [0.717, 1.165) is 11.4 Å². The molecular formula is C23H28N4O4. The summed E-state index contributed by atoms with van der Waals surface area (Å²) >= 11 is 0. The van der Waals surface area contributed by atoms with Crippen molar-refractivity contribution in [2.75, 3.05) is 39.4 Å². The first-order chi connectivity index (χ1) is 15.1. The molecule has 4 heterocycles. The molecule has 1 spiro atoms. The van der Waals surface area contributed by atoms with Crippen LogP contribution < -0.4 is 0 Å². The van der Waals surface area contributed by atoms with Gasteiger partial charge in [0.25, 0.3) is 5.91 Å². The van der Waals surface area contributed by atoms with Gasteiger partial charge in [-0.15, -0.1) is 0 Å². The van der Waals surface area contributed by atoms with E-state index in [0.29, 0.717) is 65.2 Å². The van der Waals surface area contributed by atoms with Crippen LogP contribution in [0.4, 0.5) is 0 Å². The number of carbonyl (C=O) groups excluding carboxylic acids is 2. The van der Waals surface area contributed by atoms with E-state index in [4.69, 9.17) is 9.47 Å². The summed E-state index contributed by atoms with van der Waals surface area (Å²) in [5.41, 5.74) is 0.395. The Morgan fingerprint density at radius 1 is 1.03 bits per heavy atom. The van der Waals surface area contributed by atoms with E-state index >= 15 is 0 Å². The van der Waals surface area contributed by atoms with Gasteiger partial charge in [-0.25, -0.2) is 4.98 Å². The molecule has 2 aromatic rings. The first-order valence-electron chi connectivity index (χ1n) is 11.0. The van der Waals surface area contributed by atoms with E-state index in [1.807, 2.05) is 50.9 Å². The minimum Gasteiger partial charge on any atom is -0.378 e. The van der Waals surface area contributed by atoms with Gasteiger partial charge in [0, 0.05) is 51.4 Å². The second kappa shape index (κ2) is 8.43. The Bertz CT molecular complexity index is 930. The molecule has 164 valence electrons. The minimum atomic E-state index is -0.627. The van der Waals surface area contributed by atoms with Crippen LogP contribution in [0.5, 0.6) is 0 Å². The molecule has 0 N–H and O–H groups in total. The quantitative estimate of drug-likeness (QED) is 0.740. The molecule has 0 radical (unpaired) electrons. The first kappa shape index (κ1) is 20.2. The maximum absolute atomic E-state index is 13.1. The summed E-state index contributed by atoms with van der Waals surface area (Å²) < 4.78 is 13.9. The molecule has 2 fully saturated rings. The van der Waals surface area contributed by atoms with Crippen LogP contribution in [-0.4, -0.2) is 76.7 Å². The van der Waals surface area contributed by atoms with E-state index < -0.39 is 11.7 Å². The summed E-state index contributed by atoms with van der Waals surface area (Å²) in [5.74, 6) is 1.01. The van der Waals surface area contributed by atoms with Crippen molar-refractivity contribution in [2.45, 2.75) is 37.5 Å². The number of aromatic nitrogens is 2. The van der Waals surface area contributed by atoms with Crippen LogP contribution in [0, 0.1) is 0 Å². The van der Waals surface area contributed by atoms with Crippen LogP contribution in [0.15, 0.2) is 42.7 Å². The maximum Gasteiger partial charge on any atom is 0.253 e. The SMILES string of the molecule is O=C(Cc1ccccc1)N1CCC2(CC1)O[C@@H](C(=O)N1CCOCC1)Cn1ccnc12. The Labute approximate surface area is 181 Å². The number of ether oxygens (including phenoxy) is 2. The number of amides is 2. The zero-order chi connectivity index (χ0) is 21.3. The average molecular weight is 425 g/mol. The Morgan fingerprint density at radius 2 is 1.77 bits per heavy atom. The van der Waals surface area contributed by atoms with Gasteiger partial charge in [0.05, 0.1) is 26.2 Å². The number of morpholine rings is 1. The summed E-state index contributed by atoms with van der Waals surface area (Å²) in [4.78, 5) is 34.2. The lowest BCUT2D eigenvalue weighted by molar-refractivity contribution is -0.184. The van der Waals surface area contributed by atoms with Gasteiger partial charge in [-0.05, 0) is 5.56 Å². The Balaban J connectivity index is 1.29. The van der Waals surface area contributed by atoms with Gasteiger partial charge in [-0.1, -0.05) is 30.3 Å². The highest BCUT2D eigenvalue weighted by molar-refractivity contribution is 5.81. The summed E-state index contributed by atoms with van der Waals surface area (Å²) in [5, 5.41) is 0. The highest BCUT2D eigenvalue weighted by atomic mass is 16.5. The van der Waals surface area contributed by atoms with E-state index in [1.165, 1.54) is 0 Å². The molecule has 3 aliphatic heterocycles. The number of imidazole rings is 1. The molecule has 31 heavy (non-hydrogen) atoms. The smallest absolute Gasteiger partial charge is 0.253 e. The Hall–Kier alpha value is -2.71. The lowest BCUT2D eigenvalue weighted by atomic mass is 9.88. The number of likely N-dealkylation sites (tertiary alicyclic amines) is 1. The summed E-state index contributed by atoms with van der Waals surface area (Å²) in [6.45, 7) is 4.00. The number of rotatable bonds is 3. The molecule has 2 saturated heterocycles. The van der Waals surface area contributed by atoms with Crippen molar-refractivity contribution >= 4 is 11.8 Å². The van der Waals surface area contributed by atoms with E-state index in [1.54, 1.807) is 6.20 Å². The van der Waals surface area contributed by atoms with Crippen LogP contribution in [0.25, 0.3) is 0 Å². The van der Waals surface area contributed by atoms with Gasteiger partial charge in [-0.2, -0.15) is 0 Å². The number of hydrogen-bond donors (Lipinski definition) is 0. The zero-order valence-electron chi connectivity index (χ0n) is 17.6. The highest BCUT2D eigenvalue weighted by Gasteiger charge is 2.48. The Kier molecular flexibility index (Phi) is 5.50. The van der Waals surface area contributed by atoms with Crippen molar-refractivity contribution in [1.82, 2.24) is 19.4 Å². The van der Waals surface area contributed by atoms with E-state index in [9.17, 15) is 9.59 Å². The molecule has 2 amide bonds. The lowest BCUT2D eigenvalue weighted by Crippen LogP contribution is -2.56. The second-order valence-corrected chi connectivity index (χ2v) is 8.48. The predicted octanol–water partition coefficient (Wildman–Crippen LogP) is 1.20. The van der Waals surface area contributed by atoms with Gasteiger partial charge in [0.1, 0.15) is 11.4 Å². The van der Waals surface area contributed by atoms with Gasteiger partial charge in [0.2, 0.25) is 5.91 Å². The van der Waals surface area contributed by atoms with Crippen molar-refractivity contribution in [2.24, 2.45) is 0 Å². The first-order valence-corrected chi connectivity index (χ1v) is 11.0. The third-order valence-electron chi connectivity index (χ3n) is 6.57. The third kappa shape index (κ3) is 3.97. The molecule has 0 unspecified atom stereocenters. The molecule has 0 saturated carbocycles. The van der Waals surface area contributed by atoms with Crippen LogP contribution >= 0.6 is 0 Å². The fraction of sp³-hybridized carbons (Fsp3) is 0.522. The monoisotopic (exact) mass is 424 g/mol. The maximum atomic E-state index is 13.1. The normalized spacial score (nSPS) is 22.9. The summed E-state index contributed by atoms with van der Waals surface area (Å²) in [7, 11) is 0. The molecule has 8 heteroatoms. The summed E-state index contributed by atoms with van der Waals surface area (Å²) in [6, 6.07) is 9.82. The van der Waals surface area contributed by atoms with E-state index in [-0.39, 0.29) is 11.8 Å². The summed E-state index contributed by atoms with van der Waals surface area (Å²) in [6.07, 6.45) is 4.84. The van der Waals surface area contributed by atoms with Crippen molar-refractivity contribution in [3.05, 3.63) is 54.1 Å². The van der Waals surface area contributed by atoms with Gasteiger partial charge in [-0.3, -0.25) is 9.59 Å². The largest absolute Gasteiger partial charge is 0.378 e.